The van der Waals surface area contributed by atoms with E-state index in [1.165, 1.54) is 30.8 Å². The van der Waals surface area contributed by atoms with Crippen molar-refractivity contribution in [1.82, 2.24) is 0 Å². The van der Waals surface area contributed by atoms with Gasteiger partial charge < -0.3 is 5.32 Å². The molecule has 0 aromatic heterocycles. The first-order chi connectivity index (χ1) is 10.7. The third-order valence-electron chi connectivity index (χ3n) is 4.97. The van der Waals surface area contributed by atoms with Crippen LogP contribution in [0.2, 0.25) is 0 Å². The molecule has 1 unspecified atom stereocenters. The molecule has 1 saturated heterocycles. The Hall–Kier alpha value is -1.64. The standard InChI is InChI=1S/C20H26N2/c1-16(2)20-15-18(21-17-9-5-3-6-10-17)13-14-22(20)19-11-7-4-8-12-19/h3-12,16,18,20-21H,13-15H2,1-2H3/p+2/t18-,20+/m0/s1. The molecule has 2 heteroatoms. The van der Waals surface area contributed by atoms with Gasteiger partial charge >= 0.3 is 0 Å². The molecule has 1 aliphatic rings. The Morgan fingerprint density at radius 3 is 2.23 bits per heavy atom. The lowest BCUT2D eigenvalue weighted by Gasteiger charge is -2.37. The van der Waals surface area contributed by atoms with Crippen LogP contribution in [-0.4, -0.2) is 18.6 Å². The molecule has 2 nitrogen and oxygen atoms in total. The topological polar surface area (TPSA) is 21.1 Å². The number of quaternary nitrogens is 2. The van der Waals surface area contributed by atoms with Crippen LogP contribution in [0.25, 0.3) is 0 Å². The summed E-state index contributed by atoms with van der Waals surface area (Å²) in [6.07, 6.45) is 2.57. The van der Waals surface area contributed by atoms with Crippen LogP contribution in [-0.2, 0) is 0 Å². The molecular weight excluding hydrogens is 268 g/mol. The molecule has 0 bridgehead atoms. The molecule has 1 aliphatic heterocycles. The van der Waals surface area contributed by atoms with E-state index in [1.54, 1.807) is 4.90 Å². The minimum atomic E-state index is 0.709. The first-order valence-corrected chi connectivity index (χ1v) is 8.55. The van der Waals surface area contributed by atoms with E-state index in [1.807, 2.05) is 0 Å². The molecule has 2 aromatic rings. The predicted molar refractivity (Wildman–Crippen MR) is 91.6 cm³/mol. The molecule has 0 amide bonds. The van der Waals surface area contributed by atoms with Crippen LogP contribution in [0.15, 0.2) is 60.7 Å². The lowest BCUT2D eigenvalue weighted by atomic mass is 9.89. The van der Waals surface area contributed by atoms with E-state index < -0.39 is 0 Å². The Bertz CT molecular complexity index is 565. The van der Waals surface area contributed by atoms with Crippen molar-refractivity contribution >= 4 is 11.4 Å². The first-order valence-electron chi connectivity index (χ1n) is 8.55. The summed E-state index contributed by atoms with van der Waals surface area (Å²) >= 11 is 0. The van der Waals surface area contributed by atoms with E-state index in [9.17, 15) is 0 Å². The van der Waals surface area contributed by atoms with Crippen LogP contribution >= 0.6 is 0 Å². The number of nitrogens with one attached hydrogen (secondary N) is 1. The summed E-state index contributed by atoms with van der Waals surface area (Å²) in [5.74, 6) is 0.710. The fourth-order valence-electron chi connectivity index (χ4n) is 3.79. The number of hydrogen-bond acceptors (Lipinski definition) is 0. The maximum Gasteiger partial charge on any atom is 0.131 e. The first kappa shape index (κ1) is 15.3. The van der Waals surface area contributed by atoms with Crippen molar-refractivity contribution in [1.29, 1.82) is 0 Å². The highest BCUT2D eigenvalue weighted by Crippen LogP contribution is 2.15. The highest BCUT2D eigenvalue weighted by Gasteiger charge is 2.36. The van der Waals surface area contributed by atoms with Gasteiger partial charge in [0.15, 0.2) is 0 Å². The van der Waals surface area contributed by atoms with Gasteiger partial charge in [0.05, 0.1) is 13.0 Å². The van der Waals surface area contributed by atoms with Crippen molar-refractivity contribution in [3.8, 4) is 0 Å². The summed E-state index contributed by atoms with van der Waals surface area (Å²) < 4.78 is 0. The van der Waals surface area contributed by atoms with E-state index in [0.29, 0.717) is 18.0 Å². The van der Waals surface area contributed by atoms with E-state index in [-0.39, 0.29) is 0 Å². The lowest BCUT2D eigenvalue weighted by Crippen LogP contribution is -3.14. The largest absolute Gasteiger partial charge is 0.311 e. The van der Waals surface area contributed by atoms with E-state index in [2.05, 4.69) is 79.8 Å². The maximum absolute atomic E-state index is 2.48. The average Bonchev–Trinajstić information content (AvgIpc) is 2.56. The summed E-state index contributed by atoms with van der Waals surface area (Å²) in [4.78, 5) is 1.67. The van der Waals surface area contributed by atoms with Gasteiger partial charge in [-0.15, -0.1) is 0 Å². The number of benzene rings is 2. The highest BCUT2D eigenvalue weighted by molar-refractivity contribution is 5.29. The maximum atomic E-state index is 2.48. The molecule has 1 heterocycles. The molecule has 3 rings (SSSR count). The van der Waals surface area contributed by atoms with Gasteiger partial charge in [-0.3, -0.25) is 4.90 Å². The van der Waals surface area contributed by atoms with E-state index >= 15 is 0 Å². The summed E-state index contributed by atoms with van der Waals surface area (Å²) in [6.45, 7) is 5.98. The van der Waals surface area contributed by atoms with Gasteiger partial charge in [0.1, 0.15) is 23.5 Å². The molecule has 116 valence electrons. The zero-order valence-electron chi connectivity index (χ0n) is 13.7. The molecule has 1 fully saturated rings. The number of para-hydroxylation sites is 2. The van der Waals surface area contributed by atoms with Crippen LogP contribution in [0.5, 0.6) is 0 Å². The fraction of sp³-hybridized carbons (Fsp3) is 0.400. The van der Waals surface area contributed by atoms with Crippen LogP contribution in [0.4, 0.5) is 11.4 Å². The molecule has 22 heavy (non-hydrogen) atoms. The van der Waals surface area contributed by atoms with Crippen molar-refractivity contribution in [2.45, 2.75) is 38.8 Å². The predicted octanol–water partition coefficient (Wildman–Crippen LogP) is 2.29. The number of piperidine rings is 1. The quantitative estimate of drug-likeness (QED) is 0.808. The van der Waals surface area contributed by atoms with Gasteiger partial charge in [0.25, 0.3) is 0 Å². The second-order valence-corrected chi connectivity index (χ2v) is 6.85. The van der Waals surface area contributed by atoms with Gasteiger partial charge in [-0.25, -0.2) is 0 Å². The van der Waals surface area contributed by atoms with Crippen LogP contribution in [0.3, 0.4) is 0 Å². The van der Waals surface area contributed by atoms with Crippen molar-refractivity contribution in [3.63, 3.8) is 0 Å². The van der Waals surface area contributed by atoms with Gasteiger partial charge in [-0.1, -0.05) is 50.2 Å². The van der Waals surface area contributed by atoms with Crippen molar-refractivity contribution in [2.24, 2.45) is 5.92 Å². The van der Waals surface area contributed by atoms with Gasteiger partial charge in [0.2, 0.25) is 0 Å². The Balaban J connectivity index is 1.71. The minimum absolute atomic E-state index is 0.709. The molecule has 2 aromatic carbocycles. The molecule has 0 saturated carbocycles. The van der Waals surface area contributed by atoms with Crippen molar-refractivity contribution < 1.29 is 10.2 Å². The molecule has 0 spiro atoms. The lowest BCUT2D eigenvalue weighted by molar-refractivity contribution is -0.879. The third kappa shape index (κ3) is 3.57. The minimum Gasteiger partial charge on any atom is -0.311 e. The van der Waals surface area contributed by atoms with Gasteiger partial charge in [-0.2, -0.15) is 0 Å². The normalized spacial score (nSPS) is 25.3. The van der Waals surface area contributed by atoms with Crippen LogP contribution in [0.1, 0.15) is 26.7 Å². The fourth-order valence-corrected chi connectivity index (χ4v) is 3.79. The summed E-state index contributed by atoms with van der Waals surface area (Å²) in [5.41, 5.74) is 2.83. The smallest absolute Gasteiger partial charge is 0.131 e. The van der Waals surface area contributed by atoms with Crippen molar-refractivity contribution in [3.05, 3.63) is 60.7 Å². The molecule has 3 N–H and O–H groups in total. The summed E-state index contributed by atoms with van der Waals surface area (Å²) in [7, 11) is 0. The van der Waals surface area contributed by atoms with E-state index in [0.717, 1.165) is 0 Å². The van der Waals surface area contributed by atoms with Gasteiger partial charge in [-0.05, 0) is 24.3 Å². The van der Waals surface area contributed by atoms with Crippen LogP contribution < -0.4 is 10.2 Å². The van der Waals surface area contributed by atoms with Crippen molar-refractivity contribution in [2.75, 3.05) is 6.54 Å². The second-order valence-electron chi connectivity index (χ2n) is 6.85. The molecule has 3 atom stereocenters. The SMILES string of the molecule is CC(C)[C@H]1C[C@@H]([NH2+]c2ccccc2)CC[NH+]1c1ccccc1. The highest BCUT2D eigenvalue weighted by atomic mass is 15.2. The zero-order valence-corrected chi connectivity index (χ0v) is 13.7. The number of hydrogen-bond donors (Lipinski definition) is 2. The second kappa shape index (κ2) is 7.08. The zero-order chi connectivity index (χ0) is 15.4. The molecule has 0 aliphatic carbocycles. The Kier molecular flexibility index (Phi) is 4.91. The summed E-state index contributed by atoms with van der Waals surface area (Å²) in [6, 6.07) is 23.2. The third-order valence-corrected chi connectivity index (χ3v) is 4.97. The Morgan fingerprint density at radius 1 is 0.955 bits per heavy atom. The van der Waals surface area contributed by atoms with Gasteiger partial charge in [0, 0.05) is 12.3 Å². The molecule has 0 radical (unpaired) electrons. The molecular formula is C20H28N2+2. The average molecular weight is 296 g/mol. The Labute approximate surface area is 134 Å². The monoisotopic (exact) mass is 296 g/mol. The summed E-state index contributed by atoms with van der Waals surface area (Å²) in [5, 5.41) is 2.48. The number of rotatable bonds is 4. The van der Waals surface area contributed by atoms with E-state index in [4.69, 9.17) is 0 Å². The van der Waals surface area contributed by atoms with Crippen LogP contribution in [0, 0.1) is 5.92 Å². The number of nitrogens with two attached hydrogens (primary N) is 1. The Morgan fingerprint density at radius 2 is 1.59 bits per heavy atom.